The fourth-order valence-electron chi connectivity index (χ4n) is 9.05. The first-order chi connectivity index (χ1) is 26.8. The molecule has 0 aliphatic carbocycles. The minimum atomic E-state index is 0.705. The van der Waals surface area contributed by atoms with Crippen LogP contribution in [0.4, 0.5) is 0 Å². The van der Waals surface area contributed by atoms with E-state index in [0.717, 1.165) is 71.0 Å². The Morgan fingerprint density at radius 1 is 0.481 bits per heavy atom. The second kappa shape index (κ2) is 10.3. The molecule has 0 aliphatic rings. The fourth-order valence-corrected chi connectivity index (χ4v) is 10.2. The second-order valence-electron chi connectivity index (χ2n) is 14.1. The van der Waals surface area contributed by atoms with Gasteiger partial charge in [0, 0.05) is 53.7 Å². The third-order valence-electron chi connectivity index (χ3n) is 11.3. The zero-order valence-electron chi connectivity index (χ0n) is 28.6. The quantitative estimate of drug-likeness (QED) is 0.172. The molecule has 0 saturated carbocycles. The predicted octanol–water partition coefficient (Wildman–Crippen LogP) is 13.2. The van der Waals surface area contributed by atoms with E-state index >= 15 is 0 Å². The lowest BCUT2D eigenvalue weighted by atomic mass is 9.98. The highest BCUT2D eigenvalue weighted by Crippen LogP contribution is 2.50. The second-order valence-corrected chi connectivity index (χ2v) is 15.2. The largest absolute Gasteiger partial charge is 0.456 e. The van der Waals surface area contributed by atoms with E-state index in [1.807, 2.05) is 12.1 Å². The Morgan fingerprint density at radius 2 is 1.22 bits per heavy atom. The molecule has 5 nitrogen and oxygen atoms in total. The van der Waals surface area contributed by atoms with E-state index in [2.05, 4.69) is 155 Å². The van der Waals surface area contributed by atoms with Gasteiger partial charge in [-0.2, -0.15) is 0 Å². The molecular formula is C48H26N4OS. The summed E-state index contributed by atoms with van der Waals surface area (Å²) in [6, 6.07) is 56.1. The predicted molar refractivity (Wildman–Crippen MR) is 225 cm³/mol. The van der Waals surface area contributed by atoms with Gasteiger partial charge in [-0.1, -0.05) is 115 Å². The average Bonchev–Trinajstić information content (AvgIpc) is 3.98. The van der Waals surface area contributed by atoms with E-state index in [1.165, 1.54) is 42.7 Å². The summed E-state index contributed by atoms with van der Waals surface area (Å²) in [5, 5.41) is 10.5. The van der Waals surface area contributed by atoms with Crippen LogP contribution in [-0.4, -0.2) is 19.1 Å². The van der Waals surface area contributed by atoms with Crippen LogP contribution < -0.4 is 0 Å². The third kappa shape index (κ3) is 3.62. The number of thiophene rings is 1. The van der Waals surface area contributed by atoms with Crippen LogP contribution in [0.2, 0.25) is 0 Å². The number of benzene rings is 8. The maximum atomic E-state index is 6.65. The number of rotatable bonds is 3. The van der Waals surface area contributed by atoms with E-state index in [4.69, 9.17) is 14.4 Å². The van der Waals surface area contributed by atoms with E-state index in [9.17, 15) is 0 Å². The molecule has 0 unspecified atom stereocenters. The van der Waals surface area contributed by atoms with Gasteiger partial charge < -0.3 is 8.98 Å². The summed E-state index contributed by atoms with van der Waals surface area (Å²) >= 11 is 1.76. The molecule has 0 radical (unpaired) electrons. The molecule has 8 aromatic carbocycles. The summed E-state index contributed by atoms with van der Waals surface area (Å²) in [6.45, 7) is 0. The number of furan rings is 1. The topological polar surface area (TPSA) is 48.8 Å². The van der Waals surface area contributed by atoms with Gasteiger partial charge >= 0.3 is 0 Å². The highest BCUT2D eigenvalue weighted by atomic mass is 32.1. The zero-order chi connectivity index (χ0) is 35.1. The van der Waals surface area contributed by atoms with Gasteiger partial charge in [0.05, 0.1) is 37.7 Å². The van der Waals surface area contributed by atoms with Gasteiger partial charge in [-0.15, -0.1) is 11.3 Å². The fraction of sp³-hybridized carbons (Fsp3) is 0. The summed E-state index contributed by atoms with van der Waals surface area (Å²) in [5.41, 5.74) is 9.43. The Morgan fingerprint density at radius 3 is 2.09 bits per heavy atom. The van der Waals surface area contributed by atoms with Crippen LogP contribution >= 0.6 is 11.3 Å². The standard InChI is InChI=1S/C48H26N4OS/c1-3-13-27(14-4-1)47-49-43-32-19-9-12-22-39(32)54-46(43)48(50-47)52-36-26-34-30-17-7-10-20-35(30)51(29-15-5-2-6-16-29)44(34)33-24-23-28-25-38-42(45(52)40(28)41(33)36)31-18-8-11-21-37(31)53-38/h1-26H. The Hall–Kier alpha value is -7.02. The Labute approximate surface area is 310 Å². The molecule has 13 aromatic rings. The first kappa shape index (κ1) is 28.6. The number of hydrogen-bond donors (Lipinski definition) is 0. The average molecular weight is 707 g/mol. The highest BCUT2D eigenvalue weighted by Gasteiger charge is 2.28. The normalized spacial score (nSPS) is 12.4. The monoisotopic (exact) mass is 706 g/mol. The van der Waals surface area contributed by atoms with Gasteiger partial charge in [0.15, 0.2) is 11.6 Å². The van der Waals surface area contributed by atoms with Crippen LogP contribution in [0, 0.1) is 0 Å². The minimum absolute atomic E-state index is 0.705. The van der Waals surface area contributed by atoms with Crippen LogP contribution in [0.25, 0.3) is 120 Å². The minimum Gasteiger partial charge on any atom is -0.456 e. The van der Waals surface area contributed by atoms with E-state index < -0.39 is 0 Å². The molecule has 0 spiro atoms. The van der Waals surface area contributed by atoms with Crippen molar-refractivity contribution >= 4 is 108 Å². The lowest BCUT2D eigenvalue weighted by Crippen LogP contribution is -2.02. The summed E-state index contributed by atoms with van der Waals surface area (Å²) < 4.78 is 13.8. The molecule has 0 aliphatic heterocycles. The summed E-state index contributed by atoms with van der Waals surface area (Å²) in [5.74, 6) is 1.58. The van der Waals surface area contributed by atoms with E-state index in [0.29, 0.717) is 5.82 Å². The first-order valence-electron chi connectivity index (χ1n) is 18.2. The van der Waals surface area contributed by atoms with Gasteiger partial charge in [0.1, 0.15) is 11.2 Å². The van der Waals surface area contributed by atoms with Gasteiger partial charge in [-0.25, -0.2) is 9.97 Å². The van der Waals surface area contributed by atoms with Crippen molar-refractivity contribution in [1.82, 2.24) is 19.1 Å². The van der Waals surface area contributed by atoms with Crippen molar-refractivity contribution < 1.29 is 4.42 Å². The molecule has 0 bridgehead atoms. The SMILES string of the molecule is c1ccc(-c2nc(-n3c4cc5c6ccccc6n(-c6ccccc6)c5c5ccc6cc7oc8ccccc8c7c3c6c54)c3sc4ccccc4c3n2)cc1. The van der Waals surface area contributed by atoms with Crippen molar-refractivity contribution in [3.05, 3.63) is 158 Å². The van der Waals surface area contributed by atoms with Crippen LogP contribution in [0.1, 0.15) is 0 Å². The van der Waals surface area contributed by atoms with Crippen molar-refractivity contribution in [2.24, 2.45) is 0 Å². The van der Waals surface area contributed by atoms with Crippen molar-refractivity contribution in [2.45, 2.75) is 0 Å². The molecule has 0 saturated heterocycles. The number of nitrogens with zero attached hydrogens (tertiary/aromatic N) is 4. The molecule has 6 heteroatoms. The van der Waals surface area contributed by atoms with Crippen LogP contribution in [0.3, 0.4) is 0 Å². The molecule has 250 valence electrons. The molecule has 0 N–H and O–H groups in total. The van der Waals surface area contributed by atoms with Crippen molar-refractivity contribution in [1.29, 1.82) is 0 Å². The van der Waals surface area contributed by atoms with Gasteiger partial charge in [0.25, 0.3) is 0 Å². The van der Waals surface area contributed by atoms with E-state index in [-0.39, 0.29) is 0 Å². The highest BCUT2D eigenvalue weighted by molar-refractivity contribution is 7.26. The lowest BCUT2D eigenvalue weighted by Gasteiger charge is -2.12. The van der Waals surface area contributed by atoms with Gasteiger partial charge in [0.2, 0.25) is 0 Å². The van der Waals surface area contributed by atoms with Crippen LogP contribution in [0.15, 0.2) is 162 Å². The Kier molecular flexibility index (Phi) is 5.45. The molecule has 13 rings (SSSR count). The number of fused-ring (bicyclic) bond motifs is 11. The molecule has 54 heavy (non-hydrogen) atoms. The maximum Gasteiger partial charge on any atom is 0.162 e. The first-order valence-corrected chi connectivity index (χ1v) is 19.0. The van der Waals surface area contributed by atoms with Crippen LogP contribution in [0.5, 0.6) is 0 Å². The van der Waals surface area contributed by atoms with Crippen molar-refractivity contribution in [3.8, 4) is 22.9 Å². The van der Waals surface area contributed by atoms with Crippen LogP contribution in [-0.2, 0) is 0 Å². The summed E-state index contributed by atoms with van der Waals surface area (Å²) in [7, 11) is 0. The lowest BCUT2D eigenvalue weighted by molar-refractivity contribution is 0.669. The molecular weight excluding hydrogens is 681 g/mol. The number of para-hydroxylation sites is 3. The molecule has 0 fully saturated rings. The molecule has 0 atom stereocenters. The van der Waals surface area contributed by atoms with Crippen molar-refractivity contribution in [3.63, 3.8) is 0 Å². The van der Waals surface area contributed by atoms with Gasteiger partial charge in [-0.3, -0.25) is 4.57 Å². The van der Waals surface area contributed by atoms with Gasteiger partial charge in [-0.05, 0) is 47.9 Å². The zero-order valence-corrected chi connectivity index (χ0v) is 29.4. The summed E-state index contributed by atoms with van der Waals surface area (Å²) in [6.07, 6.45) is 0. The Balaban J connectivity index is 1.32. The number of hydrogen-bond acceptors (Lipinski definition) is 4. The number of aromatic nitrogens is 4. The van der Waals surface area contributed by atoms with Crippen molar-refractivity contribution in [2.75, 3.05) is 0 Å². The molecule has 5 aromatic heterocycles. The Bertz CT molecular complexity index is 3660. The third-order valence-corrected chi connectivity index (χ3v) is 12.4. The van der Waals surface area contributed by atoms with E-state index in [1.54, 1.807) is 11.3 Å². The molecule has 0 amide bonds. The smallest absolute Gasteiger partial charge is 0.162 e. The molecule has 5 heterocycles. The summed E-state index contributed by atoms with van der Waals surface area (Å²) in [4.78, 5) is 10.9. The maximum absolute atomic E-state index is 6.65.